The molecule has 0 aliphatic carbocycles. The fourth-order valence-corrected chi connectivity index (χ4v) is 6.88. The minimum Gasteiger partial charge on any atom is -0.455 e. The molecule has 0 spiro atoms. The largest absolute Gasteiger partial charge is 0.455 e. The Hall–Kier alpha value is -2.85. The Morgan fingerprint density at radius 1 is 0.719 bits per heavy atom. The van der Waals surface area contributed by atoms with Gasteiger partial charge in [0.2, 0.25) is 0 Å². The van der Waals surface area contributed by atoms with Crippen molar-refractivity contribution in [2.75, 3.05) is 0 Å². The molecule has 2 aromatic heterocycles. The number of furan rings is 1. The van der Waals surface area contributed by atoms with Crippen LogP contribution in [0.5, 0.6) is 0 Å². The van der Waals surface area contributed by atoms with Crippen molar-refractivity contribution in [3.63, 3.8) is 0 Å². The number of hydrogen-bond acceptors (Lipinski definition) is 2. The van der Waals surface area contributed by atoms with Crippen molar-refractivity contribution < 1.29 is 4.42 Å². The zero-order valence-electron chi connectivity index (χ0n) is 16.7. The van der Waals surface area contributed by atoms with Crippen LogP contribution < -0.4 is 0 Å². The van der Waals surface area contributed by atoms with Gasteiger partial charge in [0.05, 0.1) is 5.02 Å². The van der Waals surface area contributed by atoms with Crippen molar-refractivity contribution in [1.29, 1.82) is 0 Å². The molecule has 0 atom stereocenters. The Morgan fingerprint density at radius 2 is 1.56 bits per heavy atom. The van der Waals surface area contributed by atoms with Gasteiger partial charge in [0.15, 0.2) is 0 Å². The molecule has 0 fully saturated rings. The van der Waals surface area contributed by atoms with E-state index in [-0.39, 0.29) is 0 Å². The van der Waals surface area contributed by atoms with Gasteiger partial charge >= 0.3 is 0 Å². The number of hydrogen-bond donors (Lipinski definition) is 0. The normalized spacial score (nSPS) is 12.1. The maximum absolute atomic E-state index is 6.55. The zero-order valence-corrected chi connectivity index (χ0v) is 19.8. The van der Waals surface area contributed by atoms with Crippen molar-refractivity contribution in [3.8, 4) is 11.1 Å². The monoisotopic (exact) mass is 512 g/mol. The molecule has 7 aromatic rings. The van der Waals surface area contributed by atoms with Crippen LogP contribution in [0.2, 0.25) is 5.02 Å². The highest BCUT2D eigenvalue weighted by Crippen LogP contribution is 2.47. The van der Waals surface area contributed by atoms with Gasteiger partial charge in [-0.2, -0.15) is 0 Å². The second-order valence-corrected chi connectivity index (χ2v) is 10.4. The first-order valence-corrected chi connectivity index (χ1v) is 12.3. The van der Waals surface area contributed by atoms with Crippen LogP contribution in [0.4, 0.5) is 0 Å². The quantitative estimate of drug-likeness (QED) is 0.213. The van der Waals surface area contributed by atoms with Gasteiger partial charge in [-0.05, 0) is 41.1 Å². The Bertz CT molecular complexity index is 1860. The third-order valence-corrected chi connectivity index (χ3v) is 8.18. The minimum absolute atomic E-state index is 0.716. The lowest BCUT2D eigenvalue weighted by molar-refractivity contribution is 0.670. The van der Waals surface area contributed by atoms with Crippen molar-refractivity contribution in [2.24, 2.45) is 0 Å². The summed E-state index contributed by atoms with van der Waals surface area (Å²) in [7, 11) is 0. The number of fused-ring (bicyclic) bond motifs is 8. The standard InChI is InChI=1S/C28H14BrClOS/c29-16-11-12-19-24(14-16)32-28-21(13-15-5-1-2-6-17(15)25(19)28)18-7-3-8-20-26-22(30)9-4-10-23(26)31-27(18)20/h1-14H. The molecular formula is C28H14BrClOS. The van der Waals surface area contributed by atoms with Crippen LogP contribution in [-0.2, 0) is 0 Å². The SMILES string of the molecule is Clc1cccc2oc3c(-c4cc5ccccc5c5c4sc4cc(Br)ccc45)cccc3c12. The summed E-state index contributed by atoms with van der Waals surface area (Å²) in [5.41, 5.74) is 3.98. The number of benzene rings is 5. The third kappa shape index (κ3) is 2.56. The van der Waals surface area contributed by atoms with Crippen LogP contribution in [0.15, 0.2) is 93.8 Å². The van der Waals surface area contributed by atoms with E-state index in [4.69, 9.17) is 16.0 Å². The predicted octanol–water partition coefficient (Wildman–Crippen LogP) is 10.2. The van der Waals surface area contributed by atoms with Gasteiger partial charge < -0.3 is 4.42 Å². The maximum atomic E-state index is 6.55. The number of halogens is 2. The fraction of sp³-hybridized carbons (Fsp3) is 0. The van der Waals surface area contributed by atoms with E-state index >= 15 is 0 Å². The summed E-state index contributed by atoms with van der Waals surface area (Å²) in [4.78, 5) is 0. The molecule has 0 bridgehead atoms. The summed E-state index contributed by atoms with van der Waals surface area (Å²) in [6.45, 7) is 0. The Morgan fingerprint density at radius 3 is 2.50 bits per heavy atom. The molecule has 0 aliphatic heterocycles. The van der Waals surface area contributed by atoms with Gasteiger partial charge in [-0.25, -0.2) is 0 Å². The van der Waals surface area contributed by atoms with E-state index in [9.17, 15) is 0 Å². The van der Waals surface area contributed by atoms with Crippen LogP contribution in [0.25, 0.3) is 64.0 Å². The van der Waals surface area contributed by atoms with E-state index in [1.165, 1.54) is 36.5 Å². The van der Waals surface area contributed by atoms with E-state index in [1.807, 2.05) is 29.5 Å². The average Bonchev–Trinajstić information content (AvgIpc) is 3.37. The topological polar surface area (TPSA) is 13.1 Å². The van der Waals surface area contributed by atoms with E-state index in [2.05, 4.69) is 82.7 Å². The second-order valence-electron chi connectivity index (χ2n) is 7.99. The van der Waals surface area contributed by atoms with Gasteiger partial charge in [-0.1, -0.05) is 82.1 Å². The van der Waals surface area contributed by atoms with E-state index in [0.29, 0.717) is 5.02 Å². The van der Waals surface area contributed by atoms with E-state index < -0.39 is 0 Å². The molecule has 152 valence electrons. The van der Waals surface area contributed by atoms with Gasteiger partial charge in [-0.15, -0.1) is 11.3 Å². The molecule has 0 radical (unpaired) electrons. The zero-order chi connectivity index (χ0) is 21.4. The van der Waals surface area contributed by atoms with Crippen molar-refractivity contribution in [1.82, 2.24) is 0 Å². The second kappa shape index (κ2) is 6.82. The first kappa shape index (κ1) is 18.7. The van der Waals surface area contributed by atoms with Crippen molar-refractivity contribution in [3.05, 3.63) is 94.4 Å². The van der Waals surface area contributed by atoms with E-state index in [1.54, 1.807) is 0 Å². The van der Waals surface area contributed by atoms with Gasteiger partial charge in [0, 0.05) is 46.5 Å². The first-order chi connectivity index (χ1) is 15.7. The smallest absolute Gasteiger partial charge is 0.143 e. The number of rotatable bonds is 1. The van der Waals surface area contributed by atoms with Crippen LogP contribution >= 0.6 is 38.9 Å². The van der Waals surface area contributed by atoms with Crippen LogP contribution in [0.1, 0.15) is 0 Å². The van der Waals surface area contributed by atoms with E-state index in [0.717, 1.165) is 32.0 Å². The molecule has 0 aliphatic rings. The summed E-state index contributed by atoms with van der Waals surface area (Å²) in [6, 6.07) is 29.7. The molecule has 7 rings (SSSR count). The molecular weight excluding hydrogens is 500 g/mol. The maximum Gasteiger partial charge on any atom is 0.143 e. The molecule has 0 unspecified atom stereocenters. The Labute approximate surface area is 201 Å². The van der Waals surface area contributed by atoms with Gasteiger partial charge in [-0.3, -0.25) is 0 Å². The number of thiophene rings is 1. The summed E-state index contributed by atoms with van der Waals surface area (Å²) < 4.78 is 10.0. The molecule has 5 aromatic carbocycles. The molecule has 2 heterocycles. The Balaban J connectivity index is 1.69. The highest BCUT2D eigenvalue weighted by Gasteiger charge is 2.19. The van der Waals surface area contributed by atoms with Crippen molar-refractivity contribution >= 4 is 91.8 Å². The predicted molar refractivity (Wildman–Crippen MR) is 142 cm³/mol. The van der Waals surface area contributed by atoms with Crippen molar-refractivity contribution in [2.45, 2.75) is 0 Å². The lowest BCUT2D eigenvalue weighted by Crippen LogP contribution is -1.82. The Kier molecular flexibility index (Phi) is 3.99. The lowest BCUT2D eigenvalue weighted by Gasteiger charge is -2.09. The molecule has 1 nitrogen and oxygen atoms in total. The molecule has 0 saturated heterocycles. The molecule has 4 heteroatoms. The highest BCUT2D eigenvalue weighted by atomic mass is 79.9. The molecule has 0 saturated carbocycles. The summed E-state index contributed by atoms with van der Waals surface area (Å²) >= 11 is 12.0. The number of para-hydroxylation sites is 1. The molecule has 0 N–H and O–H groups in total. The fourth-order valence-electron chi connectivity index (χ4n) is 4.82. The lowest BCUT2D eigenvalue weighted by atomic mass is 9.95. The van der Waals surface area contributed by atoms with Crippen LogP contribution in [-0.4, -0.2) is 0 Å². The molecule has 32 heavy (non-hydrogen) atoms. The third-order valence-electron chi connectivity index (χ3n) is 6.19. The summed E-state index contributed by atoms with van der Waals surface area (Å²) in [5.74, 6) is 0. The first-order valence-electron chi connectivity index (χ1n) is 10.3. The van der Waals surface area contributed by atoms with Gasteiger partial charge in [0.1, 0.15) is 11.2 Å². The summed E-state index contributed by atoms with van der Waals surface area (Å²) in [5, 5.41) is 7.83. The molecule has 0 amide bonds. The van der Waals surface area contributed by atoms with Crippen LogP contribution in [0.3, 0.4) is 0 Å². The highest BCUT2D eigenvalue weighted by molar-refractivity contribution is 9.10. The van der Waals surface area contributed by atoms with Crippen LogP contribution in [0, 0.1) is 0 Å². The summed E-state index contributed by atoms with van der Waals surface area (Å²) in [6.07, 6.45) is 0. The van der Waals surface area contributed by atoms with Gasteiger partial charge in [0.25, 0.3) is 0 Å². The minimum atomic E-state index is 0.716. The average molecular weight is 514 g/mol.